The SMILES string of the molecule is CC(c1cccc(C#N)c1)N1CCCNCC1. The van der Waals surface area contributed by atoms with Gasteiger partial charge in [0.15, 0.2) is 0 Å². The second kappa shape index (κ2) is 5.81. The van der Waals surface area contributed by atoms with Crippen LogP contribution in [0, 0.1) is 11.3 Å². The zero-order chi connectivity index (χ0) is 12.1. The fourth-order valence-electron chi connectivity index (χ4n) is 2.33. The summed E-state index contributed by atoms with van der Waals surface area (Å²) in [5.41, 5.74) is 1.99. The Kier molecular flexibility index (Phi) is 4.13. The van der Waals surface area contributed by atoms with Gasteiger partial charge in [0.2, 0.25) is 0 Å². The van der Waals surface area contributed by atoms with Crippen LogP contribution >= 0.6 is 0 Å². The predicted molar refractivity (Wildman–Crippen MR) is 68.6 cm³/mol. The van der Waals surface area contributed by atoms with E-state index in [1.165, 1.54) is 12.0 Å². The molecule has 0 radical (unpaired) electrons. The maximum atomic E-state index is 8.93. The summed E-state index contributed by atoms with van der Waals surface area (Å²) in [5, 5.41) is 12.3. The molecule has 1 saturated heterocycles. The lowest BCUT2D eigenvalue weighted by Gasteiger charge is -2.27. The Morgan fingerprint density at radius 1 is 1.35 bits per heavy atom. The highest BCUT2D eigenvalue weighted by Crippen LogP contribution is 2.21. The van der Waals surface area contributed by atoms with Gasteiger partial charge in [0.1, 0.15) is 0 Å². The molecule has 0 spiro atoms. The van der Waals surface area contributed by atoms with Gasteiger partial charge in [-0.1, -0.05) is 12.1 Å². The Hall–Kier alpha value is -1.37. The van der Waals surface area contributed by atoms with E-state index < -0.39 is 0 Å². The van der Waals surface area contributed by atoms with Gasteiger partial charge in [0.25, 0.3) is 0 Å². The fraction of sp³-hybridized carbons (Fsp3) is 0.500. The molecule has 2 rings (SSSR count). The average Bonchev–Trinajstić information content (AvgIpc) is 2.67. The first kappa shape index (κ1) is 12.1. The fourth-order valence-corrected chi connectivity index (χ4v) is 2.33. The van der Waals surface area contributed by atoms with E-state index in [1.54, 1.807) is 0 Å². The normalized spacial score (nSPS) is 19.3. The monoisotopic (exact) mass is 229 g/mol. The van der Waals surface area contributed by atoms with Crippen LogP contribution < -0.4 is 5.32 Å². The highest BCUT2D eigenvalue weighted by atomic mass is 15.2. The molecule has 3 heteroatoms. The number of hydrogen-bond acceptors (Lipinski definition) is 3. The standard InChI is InChI=1S/C14H19N3/c1-12(17-8-3-6-16-7-9-17)14-5-2-4-13(10-14)11-15/h2,4-5,10,12,16H,3,6-9H2,1H3. The third kappa shape index (κ3) is 3.06. The van der Waals surface area contributed by atoms with Crippen molar-refractivity contribution in [1.29, 1.82) is 5.26 Å². The van der Waals surface area contributed by atoms with Gasteiger partial charge >= 0.3 is 0 Å². The van der Waals surface area contributed by atoms with E-state index in [0.29, 0.717) is 6.04 Å². The van der Waals surface area contributed by atoms with Gasteiger partial charge in [-0.05, 0) is 44.1 Å². The third-order valence-electron chi connectivity index (χ3n) is 3.42. The Bertz CT molecular complexity index is 400. The Morgan fingerprint density at radius 2 is 2.24 bits per heavy atom. The van der Waals surface area contributed by atoms with E-state index in [-0.39, 0.29) is 0 Å². The van der Waals surface area contributed by atoms with E-state index in [4.69, 9.17) is 5.26 Å². The van der Waals surface area contributed by atoms with Crippen molar-refractivity contribution in [3.05, 3.63) is 35.4 Å². The van der Waals surface area contributed by atoms with E-state index in [0.717, 1.165) is 31.7 Å². The topological polar surface area (TPSA) is 39.1 Å². The molecule has 0 aliphatic carbocycles. The van der Waals surface area contributed by atoms with Crippen LogP contribution in [0.3, 0.4) is 0 Å². The molecule has 1 heterocycles. The number of nitrogens with zero attached hydrogens (tertiary/aromatic N) is 2. The molecule has 1 aliphatic rings. The minimum atomic E-state index is 0.392. The van der Waals surface area contributed by atoms with Crippen LogP contribution in [-0.2, 0) is 0 Å². The van der Waals surface area contributed by atoms with E-state index in [9.17, 15) is 0 Å². The first-order valence-corrected chi connectivity index (χ1v) is 6.26. The molecule has 1 aromatic carbocycles. The number of rotatable bonds is 2. The molecular formula is C14H19N3. The lowest BCUT2D eigenvalue weighted by atomic mass is 10.0. The minimum Gasteiger partial charge on any atom is -0.315 e. The molecule has 1 aliphatic heterocycles. The van der Waals surface area contributed by atoms with Crippen LogP contribution in [0.15, 0.2) is 24.3 Å². The van der Waals surface area contributed by atoms with Crippen LogP contribution in [0.5, 0.6) is 0 Å². The molecule has 90 valence electrons. The molecular weight excluding hydrogens is 210 g/mol. The van der Waals surface area contributed by atoms with Crippen molar-refractivity contribution >= 4 is 0 Å². The highest BCUT2D eigenvalue weighted by Gasteiger charge is 2.16. The molecule has 3 nitrogen and oxygen atoms in total. The maximum absolute atomic E-state index is 8.93. The van der Waals surface area contributed by atoms with Gasteiger partial charge < -0.3 is 5.32 Å². The van der Waals surface area contributed by atoms with Crippen molar-refractivity contribution in [2.45, 2.75) is 19.4 Å². The summed E-state index contributed by atoms with van der Waals surface area (Å²) in [6.07, 6.45) is 1.20. The summed E-state index contributed by atoms with van der Waals surface area (Å²) >= 11 is 0. The predicted octanol–water partition coefficient (Wildman–Crippen LogP) is 1.91. The molecule has 0 saturated carbocycles. The molecule has 1 aromatic rings. The molecule has 17 heavy (non-hydrogen) atoms. The number of hydrogen-bond donors (Lipinski definition) is 1. The quantitative estimate of drug-likeness (QED) is 0.842. The van der Waals surface area contributed by atoms with Gasteiger partial charge in [0, 0.05) is 19.1 Å². The van der Waals surface area contributed by atoms with Crippen molar-refractivity contribution < 1.29 is 0 Å². The van der Waals surface area contributed by atoms with Crippen molar-refractivity contribution in [1.82, 2.24) is 10.2 Å². The Balaban J connectivity index is 2.12. The van der Waals surface area contributed by atoms with Crippen molar-refractivity contribution in [3.8, 4) is 6.07 Å². The molecule has 1 unspecified atom stereocenters. The van der Waals surface area contributed by atoms with Gasteiger partial charge in [-0.3, -0.25) is 4.90 Å². The lowest BCUT2D eigenvalue weighted by molar-refractivity contribution is 0.225. The lowest BCUT2D eigenvalue weighted by Crippen LogP contribution is -2.30. The molecule has 1 N–H and O–H groups in total. The summed E-state index contributed by atoms with van der Waals surface area (Å²) in [6.45, 7) is 6.61. The summed E-state index contributed by atoms with van der Waals surface area (Å²) in [7, 11) is 0. The van der Waals surface area contributed by atoms with Crippen molar-refractivity contribution in [2.75, 3.05) is 26.2 Å². The first-order valence-electron chi connectivity index (χ1n) is 6.26. The number of benzene rings is 1. The summed E-state index contributed by atoms with van der Waals surface area (Å²) < 4.78 is 0. The van der Waals surface area contributed by atoms with Gasteiger partial charge in [-0.2, -0.15) is 5.26 Å². The zero-order valence-electron chi connectivity index (χ0n) is 10.3. The summed E-state index contributed by atoms with van der Waals surface area (Å²) in [6, 6.07) is 10.6. The first-order chi connectivity index (χ1) is 8.31. The van der Waals surface area contributed by atoms with E-state index >= 15 is 0 Å². The average molecular weight is 229 g/mol. The Morgan fingerprint density at radius 3 is 3.06 bits per heavy atom. The molecule has 1 atom stereocenters. The summed E-state index contributed by atoms with van der Waals surface area (Å²) in [5.74, 6) is 0. The molecule has 0 amide bonds. The molecule has 0 bridgehead atoms. The van der Waals surface area contributed by atoms with Crippen LogP contribution in [0.25, 0.3) is 0 Å². The van der Waals surface area contributed by atoms with Crippen LogP contribution in [0.2, 0.25) is 0 Å². The number of nitrogens with one attached hydrogen (secondary N) is 1. The molecule has 1 fully saturated rings. The highest BCUT2D eigenvalue weighted by molar-refractivity contribution is 5.34. The third-order valence-corrected chi connectivity index (χ3v) is 3.42. The zero-order valence-corrected chi connectivity index (χ0v) is 10.3. The largest absolute Gasteiger partial charge is 0.315 e. The molecule has 0 aromatic heterocycles. The van der Waals surface area contributed by atoms with E-state index in [1.807, 2.05) is 18.2 Å². The van der Waals surface area contributed by atoms with Crippen molar-refractivity contribution in [2.24, 2.45) is 0 Å². The summed E-state index contributed by atoms with van der Waals surface area (Å²) in [4.78, 5) is 2.48. The number of nitriles is 1. The van der Waals surface area contributed by atoms with Crippen molar-refractivity contribution in [3.63, 3.8) is 0 Å². The maximum Gasteiger partial charge on any atom is 0.0991 e. The van der Waals surface area contributed by atoms with Gasteiger partial charge in [0.05, 0.1) is 11.6 Å². The van der Waals surface area contributed by atoms with E-state index in [2.05, 4.69) is 29.3 Å². The second-order valence-electron chi connectivity index (χ2n) is 4.55. The smallest absolute Gasteiger partial charge is 0.0991 e. The minimum absolute atomic E-state index is 0.392. The van der Waals surface area contributed by atoms with Crippen LogP contribution in [0.1, 0.15) is 30.5 Å². The second-order valence-corrected chi connectivity index (χ2v) is 4.55. The van der Waals surface area contributed by atoms with Gasteiger partial charge in [-0.15, -0.1) is 0 Å². The van der Waals surface area contributed by atoms with Gasteiger partial charge in [-0.25, -0.2) is 0 Å². The van der Waals surface area contributed by atoms with Crippen LogP contribution in [-0.4, -0.2) is 31.1 Å². The Labute approximate surface area is 103 Å². The van der Waals surface area contributed by atoms with Crippen LogP contribution in [0.4, 0.5) is 0 Å².